The van der Waals surface area contributed by atoms with Crippen molar-refractivity contribution in [2.75, 3.05) is 10.8 Å². The molecule has 1 fully saturated rings. The molecule has 1 aliphatic heterocycles. The van der Waals surface area contributed by atoms with E-state index in [4.69, 9.17) is 0 Å². The van der Waals surface area contributed by atoms with Crippen molar-refractivity contribution in [3.05, 3.63) is 59.7 Å². The van der Waals surface area contributed by atoms with Crippen LogP contribution in [0.1, 0.15) is 54.9 Å². The molecule has 0 aromatic heterocycles. The third-order valence-corrected chi connectivity index (χ3v) is 8.00. The van der Waals surface area contributed by atoms with Gasteiger partial charge in [0.15, 0.2) is 0 Å². The largest absolute Gasteiger partial charge is 0.352 e. The molecular weight excluding hydrogens is 384 g/mol. The normalized spacial score (nSPS) is 19.8. The number of nitrogens with one attached hydrogen (secondary N) is 1. The molecule has 29 heavy (non-hydrogen) atoms. The highest BCUT2D eigenvalue weighted by atomic mass is 32.2. The van der Waals surface area contributed by atoms with E-state index in [0.717, 1.165) is 24.1 Å². The molecule has 2 aromatic rings. The van der Waals surface area contributed by atoms with Crippen LogP contribution in [0.4, 0.5) is 5.69 Å². The Morgan fingerprint density at radius 2 is 1.83 bits per heavy atom. The summed E-state index contributed by atoms with van der Waals surface area (Å²) in [4.78, 5) is 12.8. The lowest BCUT2D eigenvalue weighted by Gasteiger charge is -2.25. The smallest absolute Gasteiger partial charge is 0.264 e. The van der Waals surface area contributed by atoms with Crippen molar-refractivity contribution in [2.45, 2.75) is 56.4 Å². The maximum atomic E-state index is 13.4. The van der Waals surface area contributed by atoms with Crippen LogP contribution in [0.3, 0.4) is 0 Å². The molecule has 0 radical (unpaired) electrons. The van der Waals surface area contributed by atoms with E-state index < -0.39 is 10.0 Å². The highest BCUT2D eigenvalue weighted by molar-refractivity contribution is 7.92. The van der Waals surface area contributed by atoms with E-state index in [1.807, 2.05) is 31.2 Å². The molecule has 1 atom stereocenters. The third kappa shape index (κ3) is 4.04. The van der Waals surface area contributed by atoms with Crippen LogP contribution < -0.4 is 9.62 Å². The molecule has 4 rings (SSSR count). The Morgan fingerprint density at radius 3 is 2.62 bits per heavy atom. The van der Waals surface area contributed by atoms with Crippen LogP contribution in [0.2, 0.25) is 0 Å². The second-order valence-electron chi connectivity index (χ2n) is 8.22. The minimum atomic E-state index is -3.74. The van der Waals surface area contributed by atoms with Gasteiger partial charge in [-0.1, -0.05) is 43.5 Å². The van der Waals surface area contributed by atoms with Gasteiger partial charge in [0.1, 0.15) is 0 Å². The summed E-state index contributed by atoms with van der Waals surface area (Å²) < 4.78 is 28.3. The molecule has 6 heteroatoms. The van der Waals surface area contributed by atoms with E-state index in [-0.39, 0.29) is 16.8 Å². The second kappa shape index (κ2) is 8.19. The van der Waals surface area contributed by atoms with Crippen LogP contribution in [-0.2, 0) is 16.4 Å². The number of sulfonamides is 1. The van der Waals surface area contributed by atoms with E-state index in [2.05, 4.69) is 5.32 Å². The summed E-state index contributed by atoms with van der Waals surface area (Å²) in [5.74, 6) is 0.323. The Kier molecular flexibility index (Phi) is 5.63. The highest BCUT2D eigenvalue weighted by Crippen LogP contribution is 2.36. The summed E-state index contributed by atoms with van der Waals surface area (Å²) in [6.07, 6.45) is 6.73. The number of hydrogen-bond acceptors (Lipinski definition) is 3. The quantitative estimate of drug-likeness (QED) is 0.803. The number of anilines is 1. The molecule has 1 heterocycles. The number of fused-ring (bicyclic) bond motifs is 1. The van der Waals surface area contributed by atoms with Crippen molar-refractivity contribution in [3.8, 4) is 0 Å². The summed E-state index contributed by atoms with van der Waals surface area (Å²) in [6, 6.07) is 13.8. The fourth-order valence-electron chi connectivity index (χ4n) is 4.55. The fourth-order valence-corrected chi connectivity index (χ4v) is 6.28. The first-order valence-electron chi connectivity index (χ1n) is 10.5. The van der Waals surface area contributed by atoms with Crippen molar-refractivity contribution in [3.63, 3.8) is 0 Å². The van der Waals surface area contributed by atoms with Crippen molar-refractivity contribution in [2.24, 2.45) is 5.92 Å². The van der Waals surface area contributed by atoms with E-state index in [1.54, 1.807) is 18.2 Å². The van der Waals surface area contributed by atoms with Gasteiger partial charge in [0, 0.05) is 18.2 Å². The molecule has 2 aliphatic rings. The van der Waals surface area contributed by atoms with Crippen molar-refractivity contribution < 1.29 is 13.2 Å². The predicted molar refractivity (Wildman–Crippen MR) is 115 cm³/mol. The average Bonchev–Trinajstić information content (AvgIpc) is 3.09. The molecule has 0 saturated heterocycles. The summed E-state index contributed by atoms with van der Waals surface area (Å²) in [7, 11) is -3.74. The highest BCUT2D eigenvalue weighted by Gasteiger charge is 2.36. The van der Waals surface area contributed by atoms with Crippen LogP contribution in [0.25, 0.3) is 0 Å². The number of nitrogens with zero attached hydrogens (tertiary/aromatic N) is 1. The first-order chi connectivity index (χ1) is 14.0. The molecule has 0 bridgehead atoms. The molecule has 5 nitrogen and oxygen atoms in total. The lowest BCUT2D eigenvalue weighted by molar-refractivity contribution is 0.0943. The van der Waals surface area contributed by atoms with Gasteiger partial charge in [0.05, 0.1) is 10.6 Å². The van der Waals surface area contributed by atoms with Gasteiger partial charge in [-0.25, -0.2) is 8.42 Å². The molecule has 2 aromatic carbocycles. The molecule has 1 amide bonds. The summed E-state index contributed by atoms with van der Waals surface area (Å²) in [5.41, 5.74) is 2.15. The zero-order chi connectivity index (χ0) is 20.4. The Labute approximate surface area is 173 Å². The minimum absolute atomic E-state index is 0.152. The van der Waals surface area contributed by atoms with Crippen LogP contribution in [0, 0.1) is 5.92 Å². The van der Waals surface area contributed by atoms with Gasteiger partial charge in [-0.15, -0.1) is 0 Å². The first kappa shape index (κ1) is 20.0. The standard InChI is InChI=1S/C23H28N2O3S/c1-17-14-19-10-5-6-13-22(19)25(17)29(27,28)21-12-7-11-20(15-21)23(26)24-16-18-8-3-2-4-9-18/h5-7,10-13,15,17-18H,2-4,8-9,14,16H2,1H3,(H,24,26)/t17-/m0/s1. The van der Waals surface area contributed by atoms with Gasteiger partial charge >= 0.3 is 0 Å². The lowest BCUT2D eigenvalue weighted by atomic mass is 9.89. The van der Waals surface area contributed by atoms with E-state index in [1.165, 1.54) is 29.6 Å². The van der Waals surface area contributed by atoms with Gasteiger partial charge in [-0.3, -0.25) is 9.10 Å². The molecule has 0 unspecified atom stereocenters. The maximum Gasteiger partial charge on any atom is 0.264 e. The van der Waals surface area contributed by atoms with Crippen LogP contribution >= 0.6 is 0 Å². The SMILES string of the molecule is C[C@H]1Cc2ccccc2N1S(=O)(=O)c1cccc(C(=O)NCC2CCCCC2)c1. The molecule has 1 saturated carbocycles. The summed E-state index contributed by atoms with van der Waals surface area (Å²) >= 11 is 0. The Morgan fingerprint density at radius 1 is 1.07 bits per heavy atom. The zero-order valence-electron chi connectivity index (χ0n) is 16.8. The van der Waals surface area contributed by atoms with Crippen LogP contribution in [0.5, 0.6) is 0 Å². The van der Waals surface area contributed by atoms with Gasteiger partial charge in [0.25, 0.3) is 15.9 Å². The maximum absolute atomic E-state index is 13.4. The fraction of sp³-hybridized carbons (Fsp3) is 0.435. The topological polar surface area (TPSA) is 66.5 Å². The summed E-state index contributed by atoms with van der Waals surface area (Å²) in [6.45, 7) is 2.57. The number of para-hydroxylation sites is 1. The Balaban J connectivity index is 1.54. The zero-order valence-corrected chi connectivity index (χ0v) is 17.6. The van der Waals surface area contributed by atoms with Crippen molar-refractivity contribution >= 4 is 21.6 Å². The molecule has 1 aliphatic carbocycles. The van der Waals surface area contributed by atoms with Gasteiger partial charge < -0.3 is 5.32 Å². The minimum Gasteiger partial charge on any atom is -0.352 e. The number of hydrogen-bond donors (Lipinski definition) is 1. The number of carbonyl (C=O) groups is 1. The van der Waals surface area contributed by atoms with Crippen molar-refractivity contribution in [1.82, 2.24) is 5.32 Å². The van der Waals surface area contributed by atoms with E-state index >= 15 is 0 Å². The molecular formula is C23H28N2O3S. The molecule has 154 valence electrons. The van der Waals surface area contributed by atoms with Crippen LogP contribution in [-0.4, -0.2) is 26.9 Å². The van der Waals surface area contributed by atoms with Crippen LogP contribution in [0.15, 0.2) is 53.4 Å². The number of rotatable bonds is 5. The van der Waals surface area contributed by atoms with E-state index in [9.17, 15) is 13.2 Å². The monoisotopic (exact) mass is 412 g/mol. The predicted octanol–water partition coefficient (Wildman–Crippen LogP) is 4.14. The number of carbonyl (C=O) groups excluding carboxylic acids is 1. The second-order valence-corrected chi connectivity index (χ2v) is 10.0. The summed E-state index contributed by atoms with van der Waals surface area (Å²) in [5, 5.41) is 2.99. The third-order valence-electron chi connectivity index (χ3n) is 6.07. The Hall–Kier alpha value is -2.34. The van der Waals surface area contributed by atoms with Gasteiger partial charge in [0.2, 0.25) is 0 Å². The van der Waals surface area contributed by atoms with E-state index in [0.29, 0.717) is 24.4 Å². The molecule has 1 N–H and O–H groups in total. The number of amides is 1. The van der Waals surface area contributed by atoms with Gasteiger partial charge in [-0.2, -0.15) is 0 Å². The Bertz CT molecular complexity index is 997. The average molecular weight is 413 g/mol. The van der Waals surface area contributed by atoms with Crippen molar-refractivity contribution in [1.29, 1.82) is 0 Å². The number of benzene rings is 2. The lowest BCUT2D eigenvalue weighted by Crippen LogP contribution is -2.36. The molecule has 0 spiro atoms. The van der Waals surface area contributed by atoms with Gasteiger partial charge in [-0.05, 0) is 61.9 Å². The first-order valence-corrected chi connectivity index (χ1v) is 11.9.